The molecule has 0 amide bonds. The zero-order valence-corrected chi connectivity index (χ0v) is 10.3. The molecule has 0 aliphatic rings. The first kappa shape index (κ1) is 17.2. The molecule has 120 valence electrons. The van der Waals surface area contributed by atoms with Crippen molar-refractivity contribution < 1.29 is 30.7 Å². The molecule has 0 aliphatic carbocycles. The highest BCUT2D eigenvalue weighted by Gasteiger charge is 2.71. The molecule has 5 nitrogen and oxygen atoms in total. The van der Waals surface area contributed by atoms with Crippen LogP contribution in [0.3, 0.4) is 0 Å². The van der Waals surface area contributed by atoms with Crippen molar-refractivity contribution in [1.29, 1.82) is 0 Å². The molecule has 1 rings (SSSR count). The van der Waals surface area contributed by atoms with Crippen LogP contribution in [0.25, 0.3) is 0 Å². The van der Waals surface area contributed by atoms with Gasteiger partial charge in [0.25, 0.3) is 5.67 Å². The van der Waals surface area contributed by atoms with Gasteiger partial charge in [-0.3, -0.25) is 0 Å². The molecule has 0 saturated carbocycles. The molecular formula is C9H10F7N5. The van der Waals surface area contributed by atoms with Crippen LogP contribution >= 0.6 is 0 Å². The number of hydrogen-bond acceptors (Lipinski definition) is 5. The summed E-state index contributed by atoms with van der Waals surface area (Å²) < 4.78 is 87.0. The molecule has 0 aliphatic heterocycles. The number of nitrogens with two attached hydrogens (primary N) is 2. The summed E-state index contributed by atoms with van der Waals surface area (Å²) in [6, 6.07) is 0. The Bertz CT molecular complexity index is 464. The van der Waals surface area contributed by atoms with Crippen molar-refractivity contribution >= 4 is 11.9 Å². The van der Waals surface area contributed by atoms with Crippen LogP contribution in [-0.4, -0.2) is 33.0 Å². The van der Waals surface area contributed by atoms with E-state index in [4.69, 9.17) is 11.5 Å². The molecule has 0 saturated heterocycles. The zero-order chi connectivity index (χ0) is 16.5. The summed E-state index contributed by atoms with van der Waals surface area (Å²) in [7, 11) is 0. The standard InChI is InChI=1S/C9H10F7N5/c10-7(8(11,12)13,9(14,15)16)3-1-2-4-19-5(17)21-6(18)20-4/h1-3H2,(H4,17,18,19,20,21). The fourth-order valence-corrected chi connectivity index (χ4v) is 1.50. The Morgan fingerprint density at radius 1 is 0.762 bits per heavy atom. The predicted octanol–water partition coefficient (Wildman–Crippen LogP) is 2.19. The molecule has 0 unspecified atom stereocenters. The van der Waals surface area contributed by atoms with Crippen LogP contribution < -0.4 is 11.5 Å². The lowest BCUT2D eigenvalue weighted by atomic mass is 9.97. The van der Waals surface area contributed by atoms with Crippen LogP contribution in [0.2, 0.25) is 0 Å². The van der Waals surface area contributed by atoms with Gasteiger partial charge in [-0.25, -0.2) is 4.39 Å². The smallest absolute Gasteiger partial charge is 0.368 e. The number of hydrogen-bond donors (Lipinski definition) is 2. The van der Waals surface area contributed by atoms with Crippen molar-refractivity contribution in [2.24, 2.45) is 0 Å². The van der Waals surface area contributed by atoms with Crippen molar-refractivity contribution in [3.05, 3.63) is 5.82 Å². The lowest BCUT2D eigenvalue weighted by Crippen LogP contribution is -2.53. The van der Waals surface area contributed by atoms with Crippen molar-refractivity contribution in [2.45, 2.75) is 37.3 Å². The Morgan fingerprint density at radius 2 is 1.19 bits per heavy atom. The first-order chi connectivity index (χ1) is 9.37. The first-order valence-corrected chi connectivity index (χ1v) is 5.45. The molecule has 1 heterocycles. The van der Waals surface area contributed by atoms with Gasteiger partial charge in [-0.1, -0.05) is 0 Å². The van der Waals surface area contributed by atoms with Gasteiger partial charge in [0.15, 0.2) is 0 Å². The minimum Gasteiger partial charge on any atom is -0.368 e. The predicted molar refractivity (Wildman–Crippen MR) is 57.5 cm³/mol. The van der Waals surface area contributed by atoms with Gasteiger partial charge in [0.05, 0.1) is 0 Å². The topological polar surface area (TPSA) is 90.7 Å². The third-order valence-electron chi connectivity index (χ3n) is 2.54. The molecule has 0 aromatic carbocycles. The van der Waals surface area contributed by atoms with E-state index in [0.717, 1.165) is 0 Å². The fourth-order valence-electron chi connectivity index (χ4n) is 1.50. The van der Waals surface area contributed by atoms with E-state index in [2.05, 4.69) is 15.0 Å². The van der Waals surface area contributed by atoms with Gasteiger partial charge in [-0.2, -0.15) is 41.3 Å². The van der Waals surface area contributed by atoms with Crippen molar-refractivity contribution in [1.82, 2.24) is 15.0 Å². The van der Waals surface area contributed by atoms with Crippen LogP contribution in [0.5, 0.6) is 0 Å². The molecule has 0 bridgehead atoms. The Kier molecular flexibility index (Phi) is 4.48. The van der Waals surface area contributed by atoms with Gasteiger partial charge in [-0.15, -0.1) is 0 Å². The molecule has 1 aromatic heterocycles. The monoisotopic (exact) mass is 321 g/mol. The first-order valence-electron chi connectivity index (χ1n) is 5.45. The maximum Gasteiger partial charge on any atom is 0.431 e. The van der Waals surface area contributed by atoms with Gasteiger partial charge in [0, 0.05) is 12.8 Å². The molecule has 0 fully saturated rings. The van der Waals surface area contributed by atoms with Crippen LogP contribution in [0.15, 0.2) is 0 Å². The lowest BCUT2D eigenvalue weighted by Gasteiger charge is -2.29. The highest BCUT2D eigenvalue weighted by atomic mass is 19.4. The molecule has 21 heavy (non-hydrogen) atoms. The number of nitrogens with zero attached hydrogens (tertiary/aromatic N) is 3. The number of halogens is 7. The summed E-state index contributed by atoms with van der Waals surface area (Å²) in [5.41, 5.74) is 5.07. The van der Waals surface area contributed by atoms with E-state index in [0.29, 0.717) is 0 Å². The molecule has 1 aromatic rings. The minimum atomic E-state index is -6.07. The molecular weight excluding hydrogens is 311 g/mol. The van der Waals surface area contributed by atoms with Crippen LogP contribution in [-0.2, 0) is 6.42 Å². The Labute approximate surface area is 113 Å². The Hall–Kier alpha value is -1.88. The Morgan fingerprint density at radius 3 is 1.57 bits per heavy atom. The summed E-state index contributed by atoms with van der Waals surface area (Å²) in [5, 5.41) is 0. The second-order valence-electron chi connectivity index (χ2n) is 4.12. The SMILES string of the molecule is Nc1nc(N)nc(CCCC(F)(C(F)(F)F)C(F)(F)F)n1. The van der Waals surface area contributed by atoms with E-state index < -0.39 is 37.3 Å². The third-order valence-corrected chi connectivity index (χ3v) is 2.54. The molecule has 0 radical (unpaired) electrons. The Balaban J connectivity index is 2.80. The number of nitrogen functional groups attached to an aromatic ring is 2. The average Bonchev–Trinajstić information content (AvgIpc) is 2.24. The number of alkyl halides is 7. The normalized spacial score (nSPS) is 13.5. The van der Waals surface area contributed by atoms with Gasteiger partial charge in [-0.05, 0) is 6.42 Å². The third kappa shape index (κ3) is 3.82. The average molecular weight is 321 g/mol. The summed E-state index contributed by atoms with van der Waals surface area (Å²) in [4.78, 5) is 10.3. The number of anilines is 2. The van der Waals surface area contributed by atoms with Crippen molar-refractivity contribution in [2.75, 3.05) is 11.5 Å². The summed E-state index contributed by atoms with van der Waals surface area (Å²) in [5.74, 6) is -0.891. The molecule has 0 spiro atoms. The second kappa shape index (κ2) is 5.48. The maximum absolute atomic E-state index is 13.3. The highest BCUT2D eigenvalue weighted by molar-refractivity contribution is 5.25. The van der Waals surface area contributed by atoms with E-state index in [-0.39, 0.29) is 17.7 Å². The van der Waals surface area contributed by atoms with Crippen LogP contribution in [0.4, 0.5) is 42.6 Å². The minimum absolute atomic E-state index is 0.216. The molecule has 0 atom stereocenters. The van der Waals surface area contributed by atoms with E-state index in [1.165, 1.54) is 0 Å². The molecule has 12 heteroatoms. The zero-order valence-electron chi connectivity index (χ0n) is 10.3. The van der Waals surface area contributed by atoms with Crippen LogP contribution in [0.1, 0.15) is 18.7 Å². The lowest BCUT2D eigenvalue weighted by molar-refractivity contribution is -0.343. The van der Waals surface area contributed by atoms with Crippen molar-refractivity contribution in [3.8, 4) is 0 Å². The number of rotatable bonds is 4. The second-order valence-corrected chi connectivity index (χ2v) is 4.12. The van der Waals surface area contributed by atoms with Gasteiger partial charge in [0.1, 0.15) is 5.82 Å². The van der Waals surface area contributed by atoms with Gasteiger partial charge in [0.2, 0.25) is 11.9 Å². The van der Waals surface area contributed by atoms with Gasteiger partial charge >= 0.3 is 12.4 Å². The van der Waals surface area contributed by atoms with Gasteiger partial charge < -0.3 is 11.5 Å². The van der Waals surface area contributed by atoms with Crippen molar-refractivity contribution in [3.63, 3.8) is 0 Å². The number of aryl methyl sites for hydroxylation is 1. The van der Waals surface area contributed by atoms with E-state index in [9.17, 15) is 30.7 Å². The van der Waals surface area contributed by atoms with E-state index >= 15 is 0 Å². The summed E-state index contributed by atoms with van der Waals surface area (Å²) in [6.45, 7) is 0. The molecule has 4 N–H and O–H groups in total. The fraction of sp³-hybridized carbons (Fsp3) is 0.667. The maximum atomic E-state index is 13.3. The number of aromatic nitrogens is 3. The highest BCUT2D eigenvalue weighted by Crippen LogP contribution is 2.49. The van der Waals surface area contributed by atoms with E-state index in [1.54, 1.807) is 0 Å². The van der Waals surface area contributed by atoms with Crippen LogP contribution in [0, 0.1) is 0 Å². The summed E-state index contributed by atoms with van der Waals surface area (Å²) in [6.07, 6.45) is -15.2. The van der Waals surface area contributed by atoms with E-state index in [1.807, 2.05) is 0 Å². The largest absolute Gasteiger partial charge is 0.431 e. The summed E-state index contributed by atoms with van der Waals surface area (Å²) >= 11 is 0. The quantitative estimate of drug-likeness (QED) is 0.830.